The van der Waals surface area contributed by atoms with Gasteiger partial charge in [0.25, 0.3) is 5.91 Å². The van der Waals surface area contributed by atoms with Gasteiger partial charge in [0, 0.05) is 6.04 Å². The van der Waals surface area contributed by atoms with Crippen LogP contribution >= 0.6 is 0 Å². The fourth-order valence-corrected chi connectivity index (χ4v) is 1.97. The summed E-state index contributed by atoms with van der Waals surface area (Å²) in [4.78, 5) is 23.7. The number of amides is 1. The van der Waals surface area contributed by atoms with Crippen LogP contribution in [0, 0.1) is 5.82 Å². The lowest BCUT2D eigenvalue weighted by atomic mass is 10.1. The van der Waals surface area contributed by atoms with Crippen molar-refractivity contribution in [3.63, 3.8) is 0 Å². The van der Waals surface area contributed by atoms with E-state index in [0.29, 0.717) is 18.9 Å². The maximum Gasteiger partial charge on any atom is 0.419 e. The first kappa shape index (κ1) is 15.3. The van der Waals surface area contributed by atoms with E-state index in [9.17, 15) is 27.2 Å². The SMILES string of the molecule is O=C(O)CN(C(=O)c1cccc(C(F)(F)F)c1F)C1CC1. The molecule has 21 heavy (non-hydrogen) atoms. The van der Waals surface area contributed by atoms with E-state index in [4.69, 9.17) is 5.11 Å². The summed E-state index contributed by atoms with van der Waals surface area (Å²) in [5.74, 6) is -4.02. The number of halogens is 4. The standard InChI is InChI=1S/C13H11F4NO3/c14-11-8(2-1-3-9(11)13(15,16)17)12(21)18(6-10(19)20)7-4-5-7/h1-3,7H,4-6H2,(H,19,20). The Kier molecular flexibility index (Phi) is 3.89. The van der Waals surface area contributed by atoms with Gasteiger partial charge in [0.1, 0.15) is 12.4 Å². The van der Waals surface area contributed by atoms with Crippen LogP contribution in [-0.2, 0) is 11.0 Å². The topological polar surface area (TPSA) is 57.6 Å². The summed E-state index contributed by atoms with van der Waals surface area (Å²) in [5.41, 5.74) is -2.31. The minimum absolute atomic E-state index is 0.359. The van der Waals surface area contributed by atoms with Crippen LogP contribution in [0.15, 0.2) is 18.2 Å². The number of carbonyl (C=O) groups excluding carboxylic acids is 1. The Morgan fingerprint density at radius 3 is 2.38 bits per heavy atom. The third-order valence-electron chi connectivity index (χ3n) is 3.09. The van der Waals surface area contributed by atoms with Gasteiger partial charge >= 0.3 is 12.1 Å². The predicted octanol–water partition coefficient (Wildman–Crippen LogP) is 2.53. The largest absolute Gasteiger partial charge is 0.480 e. The molecule has 0 bridgehead atoms. The minimum atomic E-state index is -4.92. The molecule has 0 saturated heterocycles. The van der Waals surface area contributed by atoms with E-state index in [2.05, 4.69) is 0 Å². The molecule has 0 unspecified atom stereocenters. The van der Waals surface area contributed by atoms with E-state index >= 15 is 0 Å². The average Bonchev–Trinajstić information content (AvgIpc) is 3.18. The third-order valence-corrected chi connectivity index (χ3v) is 3.09. The molecule has 0 spiro atoms. The van der Waals surface area contributed by atoms with Crippen molar-refractivity contribution in [2.24, 2.45) is 0 Å². The van der Waals surface area contributed by atoms with E-state index < -0.39 is 41.5 Å². The second-order valence-corrected chi connectivity index (χ2v) is 4.72. The summed E-state index contributed by atoms with van der Waals surface area (Å²) >= 11 is 0. The first-order chi connectivity index (χ1) is 9.71. The third kappa shape index (κ3) is 3.32. The Morgan fingerprint density at radius 2 is 1.90 bits per heavy atom. The van der Waals surface area contributed by atoms with Crippen molar-refractivity contribution >= 4 is 11.9 Å². The second-order valence-electron chi connectivity index (χ2n) is 4.72. The first-order valence-electron chi connectivity index (χ1n) is 6.10. The molecule has 0 heterocycles. The van der Waals surface area contributed by atoms with E-state index in [1.807, 2.05) is 0 Å². The van der Waals surface area contributed by atoms with Gasteiger partial charge in [0.15, 0.2) is 0 Å². The van der Waals surface area contributed by atoms with Crippen LogP contribution in [0.25, 0.3) is 0 Å². The van der Waals surface area contributed by atoms with Gasteiger partial charge in [-0.3, -0.25) is 9.59 Å². The van der Waals surface area contributed by atoms with Gasteiger partial charge < -0.3 is 10.0 Å². The lowest BCUT2D eigenvalue weighted by molar-refractivity contribution is -0.140. The molecule has 8 heteroatoms. The molecule has 2 rings (SSSR count). The van der Waals surface area contributed by atoms with Gasteiger partial charge in [-0.05, 0) is 25.0 Å². The molecule has 0 aliphatic heterocycles. The number of carboxylic acid groups (broad SMARTS) is 1. The normalized spacial score (nSPS) is 14.9. The smallest absolute Gasteiger partial charge is 0.419 e. The van der Waals surface area contributed by atoms with Crippen LogP contribution in [0.5, 0.6) is 0 Å². The van der Waals surface area contributed by atoms with Crippen molar-refractivity contribution in [2.75, 3.05) is 6.54 Å². The molecule has 1 aliphatic carbocycles. The van der Waals surface area contributed by atoms with Crippen LogP contribution in [0.3, 0.4) is 0 Å². The van der Waals surface area contributed by atoms with Crippen molar-refractivity contribution in [3.8, 4) is 0 Å². The maximum atomic E-state index is 13.9. The van der Waals surface area contributed by atoms with E-state index in [-0.39, 0.29) is 6.04 Å². The number of rotatable bonds is 4. The highest BCUT2D eigenvalue weighted by atomic mass is 19.4. The molecule has 4 nitrogen and oxygen atoms in total. The summed E-state index contributed by atoms with van der Waals surface area (Å²) in [6.07, 6.45) is -3.81. The van der Waals surface area contributed by atoms with Crippen molar-refractivity contribution in [1.82, 2.24) is 4.90 Å². The number of aliphatic carboxylic acids is 1. The molecule has 1 aliphatic rings. The molecule has 0 atom stereocenters. The van der Waals surface area contributed by atoms with E-state index in [0.717, 1.165) is 17.0 Å². The Hall–Kier alpha value is -2.12. The van der Waals surface area contributed by atoms with Gasteiger partial charge in [-0.2, -0.15) is 13.2 Å². The van der Waals surface area contributed by atoms with Crippen LogP contribution < -0.4 is 0 Å². The number of alkyl halides is 3. The molecule has 0 aromatic heterocycles. The van der Waals surface area contributed by atoms with Crippen LogP contribution in [0.4, 0.5) is 17.6 Å². The Bertz CT molecular complexity index is 581. The number of benzene rings is 1. The average molecular weight is 305 g/mol. The monoisotopic (exact) mass is 305 g/mol. The van der Waals surface area contributed by atoms with Gasteiger partial charge in [-0.15, -0.1) is 0 Å². The van der Waals surface area contributed by atoms with Crippen molar-refractivity contribution in [1.29, 1.82) is 0 Å². The molecular formula is C13H11F4NO3. The van der Waals surface area contributed by atoms with Crippen LogP contribution in [0.1, 0.15) is 28.8 Å². The van der Waals surface area contributed by atoms with Crippen LogP contribution in [0.2, 0.25) is 0 Å². The number of hydrogen-bond acceptors (Lipinski definition) is 2. The lowest BCUT2D eigenvalue weighted by Crippen LogP contribution is -2.38. The zero-order valence-electron chi connectivity index (χ0n) is 10.7. The molecular weight excluding hydrogens is 294 g/mol. The highest BCUT2D eigenvalue weighted by molar-refractivity contribution is 5.96. The predicted molar refractivity (Wildman–Crippen MR) is 63.1 cm³/mol. The molecule has 114 valence electrons. The highest BCUT2D eigenvalue weighted by Crippen LogP contribution is 2.34. The summed E-state index contributed by atoms with van der Waals surface area (Å²) in [6, 6.07) is 2.02. The van der Waals surface area contributed by atoms with Gasteiger partial charge in [-0.1, -0.05) is 6.07 Å². The molecule has 1 amide bonds. The molecule has 1 saturated carbocycles. The van der Waals surface area contributed by atoms with Crippen molar-refractivity contribution in [2.45, 2.75) is 25.1 Å². The first-order valence-corrected chi connectivity index (χ1v) is 6.10. The van der Waals surface area contributed by atoms with E-state index in [1.54, 1.807) is 0 Å². The maximum absolute atomic E-state index is 13.9. The Labute approximate surface area is 117 Å². The Morgan fingerprint density at radius 1 is 1.29 bits per heavy atom. The van der Waals surface area contributed by atoms with Crippen molar-refractivity contribution in [3.05, 3.63) is 35.1 Å². The number of hydrogen-bond donors (Lipinski definition) is 1. The zero-order valence-corrected chi connectivity index (χ0v) is 10.7. The molecule has 1 aromatic carbocycles. The second kappa shape index (κ2) is 5.34. The Balaban J connectivity index is 2.36. The number of carboxylic acids is 1. The summed E-state index contributed by atoms with van der Waals surface area (Å²) < 4.78 is 51.7. The molecule has 1 fully saturated rings. The minimum Gasteiger partial charge on any atom is -0.480 e. The fourth-order valence-electron chi connectivity index (χ4n) is 1.97. The fraction of sp³-hybridized carbons (Fsp3) is 0.385. The number of nitrogens with zero attached hydrogens (tertiary/aromatic N) is 1. The van der Waals surface area contributed by atoms with Gasteiger partial charge in [0.05, 0.1) is 11.1 Å². The molecule has 1 aromatic rings. The van der Waals surface area contributed by atoms with Crippen LogP contribution in [-0.4, -0.2) is 34.5 Å². The zero-order chi connectivity index (χ0) is 15.8. The summed E-state index contributed by atoms with van der Waals surface area (Å²) in [7, 11) is 0. The van der Waals surface area contributed by atoms with Crippen molar-refractivity contribution < 1.29 is 32.3 Å². The number of carbonyl (C=O) groups is 2. The highest BCUT2D eigenvalue weighted by Gasteiger charge is 2.39. The van der Waals surface area contributed by atoms with Gasteiger partial charge in [-0.25, -0.2) is 4.39 Å². The van der Waals surface area contributed by atoms with Gasteiger partial charge in [0.2, 0.25) is 0 Å². The quantitative estimate of drug-likeness (QED) is 0.870. The summed E-state index contributed by atoms with van der Waals surface area (Å²) in [5, 5.41) is 8.74. The molecule has 0 radical (unpaired) electrons. The molecule has 1 N–H and O–H groups in total. The lowest BCUT2D eigenvalue weighted by Gasteiger charge is -2.21. The summed E-state index contributed by atoms with van der Waals surface area (Å²) in [6.45, 7) is -0.667. The van der Waals surface area contributed by atoms with E-state index in [1.165, 1.54) is 0 Å².